The minimum absolute atomic E-state index is 0.149. The van der Waals surface area contributed by atoms with Crippen molar-refractivity contribution >= 4 is 23.4 Å². The number of aromatic nitrogens is 2. The minimum atomic E-state index is -0.149. The quantitative estimate of drug-likeness (QED) is 0.767. The van der Waals surface area contributed by atoms with Crippen LogP contribution in [0.4, 0.5) is 17.5 Å². The summed E-state index contributed by atoms with van der Waals surface area (Å²) in [5.41, 5.74) is 8.82. The smallest absolute Gasteiger partial charge is 0.257 e. The van der Waals surface area contributed by atoms with Gasteiger partial charge in [-0.25, -0.2) is 4.98 Å². The Morgan fingerprint density at radius 2 is 2.13 bits per heavy atom. The van der Waals surface area contributed by atoms with Gasteiger partial charge in [0, 0.05) is 25.8 Å². The number of amides is 1. The molecule has 1 amide bonds. The third-order valence-electron chi connectivity index (χ3n) is 3.82. The van der Waals surface area contributed by atoms with Gasteiger partial charge in [0.1, 0.15) is 11.4 Å². The van der Waals surface area contributed by atoms with Crippen LogP contribution in [0.25, 0.3) is 0 Å². The zero-order chi connectivity index (χ0) is 16.4. The summed E-state index contributed by atoms with van der Waals surface area (Å²) >= 11 is 0. The number of hydrogen-bond donors (Lipinski definition) is 3. The Morgan fingerprint density at radius 3 is 2.87 bits per heavy atom. The molecule has 0 radical (unpaired) electrons. The Kier molecular flexibility index (Phi) is 4.12. The predicted molar refractivity (Wildman–Crippen MR) is 90.0 cm³/mol. The van der Waals surface area contributed by atoms with Gasteiger partial charge in [-0.1, -0.05) is 18.2 Å². The fourth-order valence-electron chi connectivity index (χ4n) is 2.51. The number of fused-ring (bicyclic) bond motifs is 1. The lowest BCUT2D eigenvalue weighted by atomic mass is 10.2. The maximum absolute atomic E-state index is 12.1. The second-order valence-corrected chi connectivity index (χ2v) is 5.53. The molecule has 0 fully saturated rings. The van der Waals surface area contributed by atoms with Crippen molar-refractivity contribution in [2.45, 2.75) is 13.5 Å². The molecule has 0 spiro atoms. The third-order valence-corrected chi connectivity index (χ3v) is 3.82. The lowest BCUT2D eigenvalue weighted by molar-refractivity contribution is 0.0966. The molecule has 0 saturated carbocycles. The molecule has 2 heterocycles. The summed E-state index contributed by atoms with van der Waals surface area (Å²) in [5.74, 6) is 0.934. The molecule has 7 heteroatoms. The molecule has 0 atom stereocenters. The van der Waals surface area contributed by atoms with Gasteiger partial charge in [0.15, 0.2) is 0 Å². The molecule has 1 aliphatic rings. The third kappa shape index (κ3) is 2.95. The summed E-state index contributed by atoms with van der Waals surface area (Å²) in [6.07, 6.45) is 0. The van der Waals surface area contributed by atoms with Crippen molar-refractivity contribution in [1.82, 2.24) is 15.3 Å². The first kappa shape index (κ1) is 15.2. The van der Waals surface area contributed by atoms with Gasteiger partial charge in [-0.2, -0.15) is 4.98 Å². The molecule has 0 unspecified atom stereocenters. The summed E-state index contributed by atoms with van der Waals surface area (Å²) in [4.78, 5) is 23.0. The summed E-state index contributed by atoms with van der Waals surface area (Å²) in [6.45, 7) is 3.58. The van der Waals surface area contributed by atoms with Crippen LogP contribution in [-0.2, 0) is 6.54 Å². The lowest BCUT2D eigenvalue weighted by Gasteiger charge is -2.18. The first-order valence-corrected chi connectivity index (χ1v) is 7.53. The average Bonchev–Trinajstić information content (AvgIpc) is 2.91. The number of nitrogens with zero attached hydrogens (tertiary/aromatic N) is 3. The molecule has 0 aliphatic carbocycles. The number of nitrogens with two attached hydrogens (primary N) is 1. The van der Waals surface area contributed by atoms with Gasteiger partial charge < -0.3 is 21.3 Å². The van der Waals surface area contributed by atoms with E-state index in [9.17, 15) is 4.79 Å². The maximum atomic E-state index is 12.1. The maximum Gasteiger partial charge on any atom is 0.257 e. The number of para-hydroxylation sites is 1. The van der Waals surface area contributed by atoms with Crippen LogP contribution in [-0.4, -0.2) is 36.0 Å². The van der Waals surface area contributed by atoms with E-state index >= 15 is 0 Å². The number of carbonyl (C=O) groups excluding carboxylic acids is 1. The molecule has 1 aromatic carbocycles. The molecule has 0 bridgehead atoms. The number of likely N-dealkylation sites (N-methyl/N-ethyl adjacent to an activating group) is 1. The van der Waals surface area contributed by atoms with Crippen LogP contribution in [0.5, 0.6) is 0 Å². The van der Waals surface area contributed by atoms with E-state index in [2.05, 4.69) is 20.6 Å². The molecule has 120 valence electrons. The average molecular weight is 312 g/mol. The number of hydrogen-bond acceptors (Lipinski definition) is 6. The van der Waals surface area contributed by atoms with Gasteiger partial charge >= 0.3 is 0 Å². The van der Waals surface area contributed by atoms with Gasteiger partial charge in [0.05, 0.1) is 12.2 Å². The second-order valence-electron chi connectivity index (χ2n) is 5.53. The van der Waals surface area contributed by atoms with Gasteiger partial charge in [-0.3, -0.25) is 4.79 Å². The summed E-state index contributed by atoms with van der Waals surface area (Å²) in [5, 5.41) is 6.07. The van der Waals surface area contributed by atoms with Crippen LogP contribution < -0.4 is 21.3 Å². The highest BCUT2D eigenvalue weighted by Crippen LogP contribution is 2.27. The van der Waals surface area contributed by atoms with Gasteiger partial charge in [0.2, 0.25) is 5.95 Å². The van der Waals surface area contributed by atoms with E-state index in [-0.39, 0.29) is 5.91 Å². The Hall–Kier alpha value is -2.67. The van der Waals surface area contributed by atoms with Crippen molar-refractivity contribution < 1.29 is 4.79 Å². The number of aryl methyl sites for hydroxylation is 1. The predicted octanol–water partition coefficient (Wildman–Crippen LogP) is 1.17. The number of nitrogens with one attached hydrogen (secondary N) is 2. The zero-order valence-corrected chi connectivity index (χ0v) is 13.3. The topological polar surface area (TPSA) is 96.2 Å². The highest BCUT2D eigenvalue weighted by atomic mass is 16.2. The summed E-state index contributed by atoms with van der Waals surface area (Å²) in [7, 11) is 1.89. The first-order chi connectivity index (χ1) is 11.1. The normalized spacial score (nSPS) is 12.7. The van der Waals surface area contributed by atoms with E-state index in [1.165, 1.54) is 0 Å². The monoisotopic (exact) mass is 312 g/mol. The van der Waals surface area contributed by atoms with E-state index in [4.69, 9.17) is 5.73 Å². The van der Waals surface area contributed by atoms with Gasteiger partial charge in [0.25, 0.3) is 5.91 Å². The molecule has 4 N–H and O–H groups in total. The number of anilines is 3. The van der Waals surface area contributed by atoms with Crippen LogP contribution in [0.3, 0.4) is 0 Å². The van der Waals surface area contributed by atoms with E-state index in [1.807, 2.05) is 43.1 Å². The lowest BCUT2D eigenvalue weighted by Crippen LogP contribution is -2.27. The molecular weight excluding hydrogens is 292 g/mol. The molecule has 3 rings (SSSR count). The fourth-order valence-corrected chi connectivity index (χ4v) is 2.51. The zero-order valence-electron chi connectivity index (χ0n) is 13.3. The Bertz CT molecular complexity index is 745. The Labute approximate surface area is 134 Å². The molecule has 7 nitrogen and oxygen atoms in total. The van der Waals surface area contributed by atoms with Crippen molar-refractivity contribution in [3.05, 3.63) is 41.1 Å². The SMILES string of the molecule is Cc1ccccc1Nc1nc(N(C)CCN)nc2c1C(=O)NC2. The minimum Gasteiger partial charge on any atom is -0.346 e. The van der Waals surface area contributed by atoms with Crippen LogP contribution >= 0.6 is 0 Å². The van der Waals surface area contributed by atoms with Crippen molar-refractivity contribution in [2.75, 3.05) is 30.4 Å². The van der Waals surface area contributed by atoms with Crippen LogP contribution in [0, 0.1) is 6.92 Å². The van der Waals surface area contributed by atoms with Gasteiger partial charge in [-0.05, 0) is 18.6 Å². The number of carbonyl (C=O) groups is 1. The highest BCUT2D eigenvalue weighted by molar-refractivity contribution is 6.03. The fraction of sp³-hybridized carbons (Fsp3) is 0.312. The van der Waals surface area contributed by atoms with Crippen LogP contribution in [0.1, 0.15) is 21.6 Å². The molecule has 23 heavy (non-hydrogen) atoms. The standard InChI is InChI=1S/C16H20N6O/c1-10-5-3-4-6-11(10)19-14-13-12(9-18-15(13)23)20-16(21-14)22(2)8-7-17/h3-6H,7-9,17H2,1-2H3,(H,18,23)(H,19,20,21). The molecule has 0 saturated heterocycles. The number of rotatable bonds is 5. The largest absolute Gasteiger partial charge is 0.346 e. The molecular formula is C16H20N6O. The second kappa shape index (κ2) is 6.21. The number of benzene rings is 1. The Balaban J connectivity index is 2.04. The first-order valence-electron chi connectivity index (χ1n) is 7.53. The van der Waals surface area contributed by atoms with E-state index < -0.39 is 0 Å². The van der Waals surface area contributed by atoms with Crippen LogP contribution in [0.15, 0.2) is 24.3 Å². The van der Waals surface area contributed by atoms with Gasteiger partial charge in [-0.15, -0.1) is 0 Å². The van der Waals surface area contributed by atoms with Crippen molar-refractivity contribution in [1.29, 1.82) is 0 Å². The van der Waals surface area contributed by atoms with E-state index in [0.717, 1.165) is 11.3 Å². The highest BCUT2D eigenvalue weighted by Gasteiger charge is 2.27. The van der Waals surface area contributed by atoms with Crippen molar-refractivity contribution in [3.8, 4) is 0 Å². The molecule has 2 aromatic rings. The van der Waals surface area contributed by atoms with E-state index in [0.29, 0.717) is 42.7 Å². The Morgan fingerprint density at radius 1 is 1.35 bits per heavy atom. The van der Waals surface area contributed by atoms with E-state index in [1.54, 1.807) is 0 Å². The van der Waals surface area contributed by atoms with Crippen molar-refractivity contribution in [3.63, 3.8) is 0 Å². The summed E-state index contributed by atoms with van der Waals surface area (Å²) in [6, 6.07) is 7.88. The summed E-state index contributed by atoms with van der Waals surface area (Å²) < 4.78 is 0. The van der Waals surface area contributed by atoms with Crippen LogP contribution in [0.2, 0.25) is 0 Å². The molecule has 1 aliphatic heterocycles. The van der Waals surface area contributed by atoms with Crippen molar-refractivity contribution in [2.24, 2.45) is 5.73 Å². The molecule has 1 aromatic heterocycles.